The normalized spacial score (nSPS) is 17.9. The van der Waals surface area contributed by atoms with Gasteiger partial charge in [0.25, 0.3) is 5.91 Å². The number of benzene rings is 1. The Bertz CT molecular complexity index is 781. The number of nitrogens with zero attached hydrogens (tertiary/aromatic N) is 2. The molecule has 1 aliphatic rings. The van der Waals surface area contributed by atoms with Crippen LogP contribution in [0.15, 0.2) is 42.7 Å². The average molecular weight is 296 g/mol. The van der Waals surface area contributed by atoms with E-state index in [2.05, 4.69) is 15.4 Å². The summed E-state index contributed by atoms with van der Waals surface area (Å²) in [6.45, 7) is 1.44. The Labute approximate surface area is 127 Å². The van der Waals surface area contributed by atoms with Gasteiger partial charge in [0, 0.05) is 23.7 Å². The zero-order chi connectivity index (χ0) is 14.9. The Balaban J connectivity index is 1.51. The van der Waals surface area contributed by atoms with E-state index in [0.717, 1.165) is 23.9 Å². The van der Waals surface area contributed by atoms with Gasteiger partial charge in [-0.3, -0.25) is 9.48 Å². The zero-order valence-corrected chi connectivity index (χ0v) is 12.0. The van der Waals surface area contributed by atoms with Gasteiger partial charge < -0.3 is 15.0 Å². The van der Waals surface area contributed by atoms with Crippen LogP contribution in [0, 0.1) is 0 Å². The largest absolute Gasteiger partial charge is 0.379 e. The van der Waals surface area contributed by atoms with E-state index in [0.29, 0.717) is 18.0 Å². The highest BCUT2D eigenvalue weighted by molar-refractivity contribution is 6.05. The number of ether oxygens (including phenoxy) is 1. The molecule has 3 heterocycles. The average Bonchev–Trinajstić information content (AvgIpc) is 3.26. The predicted octanol–water partition coefficient (Wildman–Crippen LogP) is 2.58. The minimum Gasteiger partial charge on any atom is -0.379 e. The van der Waals surface area contributed by atoms with Crippen LogP contribution >= 0.6 is 0 Å². The molecular formula is C16H16N4O2. The van der Waals surface area contributed by atoms with Crippen LogP contribution in [0.25, 0.3) is 10.9 Å². The number of rotatable bonds is 3. The molecule has 0 unspecified atom stereocenters. The highest BCUT2D eigenvalue weighted by atomic mass is 16.5. The molecule has 2 aromatic heterocycles. The molecule has 1 atom stereocenters. The van der Waals surface area contributed by atoms with Gasteiger partial charge in [0.05, 0.1) is 24.5 Å². The van der Waals surface area contributed by atoms with Gasteiger partial charge in [-0.1, -0.05) is 18.2 Å². The van der Waals surface area contributed by atoms with Gasteiger partial charge in [-0.05, 0) is 18.6 Å². The summed E-state index contributed by atoms with van der Waals surface area (Å²) in [6, 6.07) is 9.92. The monoisotopic (exact) mass is 296 g/mol. The number of hydrogen-bond acceptors (Lipinski definition) is 3. The Kier molecular flexibility index (Phi) is 3.16. The van der Waals surface area contributed by atoms with Gasteiger partial charge in [-0.25, -0.2) is 0 Å². The molecule has 22 heavy (non-hydrogen) atoms. The van der Waals surface area contributed by atoms with Crippen molar-refractivity contribution < 1.29 is 9.53 Å². The van der Waals surface area contributed by atoms with E-state index in [1.54, 1.807) is 6.20 Å². The van der Waals surface area contributed by atoms with E-state index < -0.39 is 0 Å². The van der Waals surface area contributed by atoms with Crippen molar-refractivity contribution in [3.05, 3.63) is 48.4 Å². The molecule has 0 bridgehead atoms. The molecule has 3 aromatic rings. The van der Waals surface area contributed by atoms with Crippen LogP contribution in [0.3, 0.4) is 0 Å². The fraction of sp³-hybridized carbons (Fsp3) is 0.250. The van der Waals surface area contributed by atoms with Crippen LogP contribution in [-0.2, 0) is 4.74 Å². The smallest absolute Gasteiger partial charge is 0.272 e. The number of fused-ring (bicyclic) bond motifs is 1. The maximum absolute atomic E-state index is 12.3. The first-order valence-electron chi connectivity index (χ1n) is 7.30. The lowest BCUT2D eigenvalue weighted by Gasteiger charge is -2.06. The number of hydrogen-bond donors (Lipinski definition) is 2. The molecule has 0 aliphatic carbocycles. The van der Waals surface area contributed by atoms with Crippen LogP contribution < -0.4 is 5.32 Å². The number of para-hydroxylation sites is 1. The number of carbonyl (C=O) groups excluding carboxylic acids is 1. The summed E-state index contributed by atoms with van der Waals surface area (Å²) >= 11 is 0. The number of H-pyrrole nitrogens is 1. The molecule has 112 valence electrons. The van der Waals surface area contributed by atoms with Gasteiger partial charge >= 0.3 is 0 Å². The summed E-state index contributed by atoms with van der Waals surface area (Å²) in [5.74, 6) is -0.168. The minimum absolute atomic E-state index is 0.168. The molecular weight excluding hydrogens is 280 g/mol. The molecule has 1 aliphatic heterocycles. The Hall–Kier alpha value is -2.60. The lowest BCUT2D eigenvalue weighted by atomic mass is 10.2. The topological polar surface area (TPSA) is 71.9 Å². The molecule has 1 aromatic carbocycles. The summed E-state index contributed by atoms with van der Waals surface area (Å²) in [6.07, 6.45) is 4.47. The van der Waals surface area contributed by atoms with Crippen molar-refractivity contribution in [3.8, 4) is 0 Å². The molecule has 1 fully saturated rings. The van der Waals surface area contributed by atoms with Crippen molar-refractivity contribution in [2.24, 2.45) is 0 Å². The molecule has 6 nitrogen and oxygen atoms in total. The van der Waals surface area contributed by atoms with Crippen molar-refractivity contribution in [3.63, 3.8) is 0 Å². The molecule has 0 saturated carbocycles. The van der Waals surface area contributed by atoms with Gasteiger partial charge in [0.15, 0.2) is 0 Å². The second-order valence-corrected chi connectivity index (χ2v) is 5.45. The molecule has 4 rings (SSSR count). The first kappa shape index (κ1) is 13.1. The van der Waals surface area contributed by atoms with Crippen LogP contribution in [-0.4, -0.2) is 33.9 Å². The molecule has 0 spiro atoms. The van der Waals surface area contributed by atoms with E-state index in [1.807, 2.05) is 41.2 Å². The predicted molar refractivity (Wildman–Crippen MR) is 83.0 cm³/mol. The first-order chi connectivity index (χ1) is 10.8. The van der Waals surface area contributed by atoms with E-state index in [1.165, 1.54) is 0 Å². The summed E-state index contributed by atoms with van der Waals surface area (Å²) in [4.78, 5) is 15.4. The molecule has 2 N–H and O–H groups in total. The number of amides is 1. The number of carbonyl (C=O) groups is 1. The highest BCUT2D eigenvalue weighted by Gasteiger charge is 2.19. The Morgan fingerprint density at radius 3 is 3.14 bits per heavy atom. The number of nitrogens with one attached hydrogen (secondary N) is 2. The quantitative estimate of drug-likeness (QED) is 0.780. The molecule has 6 heteroatoms. The fourth-order valence-electron chi connectivity index (χ4n) is 2.73. The van der Waals surface area contributed by atoms with Gasteiger partial charge in [-0.15, -0.1) is 0 Å². The summed E-state index contributed by atoms with van der Waals surface area (Å²) in [5, 5.41) is 8.19. The summed E-state index contributed by atoms with van der Waals surface area (Å²) in [7, 11) is 0. The lowest BCUT2D eigenvalue weighted by molar-refractivity contribution is 0.102. The third-order valence-corrected chi connectivity index (χ3v) is 3.91. The van der Waals surface area contributed by atoms with Crippen molar-refractivity contribution >= 4 is 22.5 Å². The van der Waals surface area contributed by atoms with Crippen molar-refractivity contribution in [2.45, 2.75) is 12.5 Å². The zero-order valence-electron chi connectivity index (χ0n) is 12.0. The Morgan fingerprint density at radius 2 is 2.32 bits per heavy atom. The Morgan fingerprint density at radius 1 is 1.41 bits per heavy atom. The highest BCUT2D eigenvalue weighted by Crippen LogP contribution is 2.20. The number of aromatic amines is 1. The van der Waals surface area contributed by atoms with Gasteiger partial charge in [0.1, 0.15) is 5.69 Å². The van der Waals surface area contributed by atoms with Crippen molar-refractivity contribution in [1.29, 1.82) is 0 Å². The molecule has 1 amide bonds. The fourth-order valence-corrected chi connectivity index (χ4v) is 2.73. The third kappa shape index (κ3) is 2.37. The first-order valence-corrected chi connectivity index (χ1v) is 7.30. The minimum atomic E-state index is -0.168. The standard InChI is InChI=1S/C16H16N4O2/c21-16(15-7-11-3-1-2-4-14(11)19-15)18-12-8-17-20(9-12)13-5-6-22-10-13/h1-4,7-9,13,19H,5-6,10H2,(H,18,21)/t13-/m1/s1. The van der Waals surface area contributed by atoms with E-state index in [4.69, 9.17) is 4.74 Å². The van der Waals surface area contributed by atoms with Crippen molar-refractivity contribution in [1.82, 2.24) is 14.8 Å². The SMILES string of the molecule is O=C(Nc1cnn([C@@H]2CCOC2)c1)c1cc2ccccc2[nH]1. The van der Waals surface area contributed by atoms with Crippen molar-refractivity contribution in [2.75, 3.05) is 18.5 Å². The third-order valence-electron chi connectivity index (χ3n) is 3.91. The second kappa shape index (κ2) is 5.31. The van der Waals surface area contributed by atoms with E-state index >= 15 is 0 Å². The van der Waals surface area contributed by atoms with Crippen LogP contribution in [0.5, 0.6) is 0 Å². The summed E-state index contributed by atoms with van der Waals surface area (Å²) in [5.41, 5.74) is 2.18. The van der Waals surface area contributed by atoms with Crippen LogP contribution in [0.4, 0.5) is 5.69 Å². The molecule has 0 radical (unpaired) electrons. The maximum Gasteiger partial charge on any atom is 0.272 e. The van der Waals surface area contributed by atoms with Gasteiger partial charge in [0.2, 0.25) is 0 Å². The lowest BCUT2D eigenvalue weighted by Crippen LogP contribution is -2.12. The van der Waals surface area contributed by atoms with E-state index in [-0.39, 0.29) is 11.9 Å². The van der Waals surface area contributed by atoms with Crippen LogP contribution in [0.1, 0.15) is 23.0 Å². The van der Waals surface area contributed by atoms with Gasteiger partial charge in [-0.2, -0.15) is 5.10 Å². The molecule has 1 saturated heterocycles. The van der Waals surface area contributed by atoms with E-state index in [9.17, 15) is 4.79 Å². The second-order valence-electron chi connectivity index (χ2n) is 5.45. The number of anilines is 1. The number of aromatic nitrogens is 3. The summed E-state index contributed by atoms with van der Waals surface area (Å²) < 4.78 is 7.21. The van der Waals surface area contributed by atoms with Crippen LogP contribution in [0.2, 0.25) is 0 Å². The maximum atomic E-state index is 12.3.